The van der Waals surface area contributed by atoms with E-state index < -0.39 is 5.41 Å². The van der Waals surface area contributed by atoms with Crippen LogP contribution < -0.4 is 0 Å². The van der Waals surface area contributed by atoms with Crippen LogP contribution >= 0.6 is 0 Å². The van der Waals surface area contributed by atoms with Crippen molar-refractivity contribution in [1.29, 1.82) is 0 Å². The number of benzene rings is 1. The number of hydrogen-bond donors (Lipinski definition) is 0. The molecule has 1 saturated carbocycles. The number of Topliss-reactive ketones (excluding diaryl/α,β-unsaturated/α-hetero) is 1. The molecule has 0 saturated heterocycles. The van der Waals surface area contributed by atoms with E-state index in [9.17, 15) is 9.59 Å². The van der Waals surface area contributed by atoms with Crippen molar-refractivity contribution in [3.63, 3.8) is 0 Å². The van der Waals surface area contributed by atoms with E-state index in [1.807, 2.05) is 18.2 Å². The third-order valence-corrected chi connectivity index (χ3v) is 4.73. The predicted molar refractivity (Wildman–Crippen MR) is 78.4 cm³/mol. The molecule has 0 spiro atoms. The van der Waals surface area contributed by atoms with Crippen molar-refractivity contribution in [2.45, 2.75) is 44.9 Å². The Morgan fingerprint density at radius 3 is 2.50 bits per heavy atom. The van der Waals surface area contributed by atoms with E-state index in [1.54, 1.807) is 6.08 Å². The SMILES string of the molecule is O=C1C=C2CCCCC(=O)[C@]2(Cc2ccccc2)CC1. The zero-order valence-electron chi connectivity index (χ0n) is 11.7. The molecule has 1 fully saturated rings. The summed E-state index contributed by atoms with van der Waals surface area (Å²) in [6, 6.07) is 10.2. The Hall–Kier alpha value is -1.70. The van der Waals surface area contributed by atoms with E-state index in [0.717, 1.165) is 31.3 Å². The highest BCUT2D eigenvalue weighted by Crippen LogP contribution is 2.45. The fraction of sp³-hybridized carbons (Fsp3) is 0.444. The van der Waals surface area contributed by atoms with Crippen LogP contribution in [0.25, 0.3) is 0 Å². The summed E-state index contributed by atoms with van der Waals surface area (Å²) in [4.78, 5) is 24.5. The van der Waals surface area contributed by atoms with Crippen LogP contribution in [0.15, 0.2) is 42.0 Å². The topological polar surface area (TPSA) is 34.1 Å². The van der Waals surface area contributed by atoms with Crippen molar-refractivity contribution in [3.05, 3.63) is 47.5 Å². The van der Waals surface area contributed by atoms with E-state index in [-0.39, 0.29) is 5.78 Å². The van der Waals surface area contributed by atoms with Gasteiger partial charge in [0.15, 0.2) is 5.78 Å². The van der Waals surface area contributed by atoms with Gasteiger partial charge in [0.05, 0.1) is 5.41 Å². The number of carbonyl (C=O) groups excluding carboxylic acids is 2. The van der Waals surface area contributed by atoms with Crippen molar-refractivity contribution in [1.82, 2.24) is 0 Å². The summed E-state index contributed by atoms with van der Waals surface area (Å²) in [5, 5.41) is 0. The molecule has 2 heteroatoms. The Morgan fingerprint density at radius 1 is 0.950 bits per heavy atom. The molecule has 0 radical (unpaired) electrons. The van der Waals surface area contributed by atoms with Gasteiger partial charge in [-0.15, -0.1) is 0 Å². The first-order valence-corrected chi connectivity index (χ1v) is 7.52. The largest absolute Gasteiger partial charge is 0.299 e. The van der Waals surface area contributed by atoms with E-state index in [1.165, 1.54) is 5.56 Å². The van der Waals surface area contributed by atoms with Crippen LogP contribution in [0.1, 0.15) is 44.1 Å². The predicted octanol–water partition coefficient (Wildman–Crippen LogP) is 3.65. The lowest BCUT2D eigenvalue weighted by Crippen LogP contribution is -2.37. The molecule has 20 heavy (non-hydrogen) atoms. The highest BCUT2D eigenvalue weighted by atomic mass is 16.1. The van der Waals surface area contributed by atoms with E-state index in [4.69, 9.17) is 0 Å². The average molecular weight is 268 g/mol. The second-order valence-electron chi connectivity index (χ2n) is 6.01. The summed E-state index contributed by atoms with van der Waals surface area (Å²) in [6.07, 6.45) is 7.31. The molecule has 0 aliphatic heterocycles. The summed E-state index contributed by atoms with van der Waals surface area (Å²) < 4.78 is 0. The maximum atomic E-state index is 12.7. The first-order chi connectivity index (χ1) is 9.71. The quantitative estimate of drug-likeness (QED) is 0.820. The molecule has 0 N–H and O–H groups in total. The molecule has 2 nitrogen and oxygen atoms in total. The Kier molecular flexibility index (Phi) is 3.56. The maximum absolute atomic E-state index is 12.7. The smallest absolute Gasteiger partial charge is 0.155 e. The van der Waals surface area contributed by atoms with Gasteiger partial charge in [0.25, 0.3) is 0 Å². The molecular weight excluding hydrogens is 248 g/mol. The Labute approximate surface area is 119 Å². The number of carbonyl (C=O) groups is 2. The average Bonchev–Trinajstić information content (AvgIpc) is 2.61. The lowest BCUT2D eigenvalue weighted by atomic mass is 9.65. The van der Waals surface area contributed by atoms with Gasteiger partial charge in [0.2, 0.25) is 0 Å². The lowest BCUT2D eigenvalue weighted by Gasteiger charge is -2.36. The van der Waals surface area contributed by atoms with Gasteiger partial charge < -0.3 is 0 Å². The highest BCUT2D eigenvalue weighted by molar-refractivity contribution is 5.97. The van der Waals surface area contributed by atoms with Gasteiger partial charge in [-0.05, 0) is 43.7 Å². The van der Waals surface area contributed by atoms with Crippen LogP contribution in [-0.4, -0.2) is 11.6 Å². The molecule has 0 bridgehead atoms. The molecule has 0 heterocycles. The van der Waals surface area contributed by atoms with Gasteiger partial charge in [0, 0.05) is 12.8 Å². The van der Waals surface area contributed by atoms with Crippen molar-refractivity contribution in [2.24, 2.45) is 5.41 Å². The Morgan fingerprint density at radius 2 is 1.70 bits per heavy atom. The normalized spacial score (nSPS) is 26.7. The minimum atomic E-state index is -0.397. The molecule has 0 aromatic heterocycles. The monoisotopic (exact) mass is 268 g/mol. The van der Waals surface area contributed by atoms with Crippen LogP contribution in [-0.2, 0) is 16.0 Å². The van der Waals surface area contributed by atoms with Gasteiger partial charge in [-0.25, -0.2) is 0 Å². The molecule has 2 aliphatic rings. The van der Waals surface area contributed by atoms with Gasteiger partial charge >= 0.3 is 0 Å². The molecule has 2 aliphatic carbocycles. The first-order valence-electron chi connectivity index (χ1n) is 7.52. The number of hydrogen-bond acceptors (Lipinski definition) is 2. The molecule has 0 amide bonds. The summed E-state index contributed by atoms with van der Waals surface area (Å²) in [7, 11) is 0. The first kappa shape index (κ1) is 13.3. The second-order valence-corrected chi connectivity index (χ2v) is 6.01. The Balaban J connectivity index is 2.01. The van der Waals surface area contributed by atoms with Crippen molar-refractivity contribution >= 4 is 11.6 Å². The zero-order valence-corrected chi connectivity index (χ0v) is 11.7. The fourth-order valence-corrected chi connectivity index (χ4v) is 3.62. The number of fused-ring (bicyclic) bond motifs is 1. The van der Waals surface area contributed by atoms with E-state index in [0.29, 0.717) is 25.0 Å². The number of rotatable bonds is 2. The molecule has 1 aromatic carbocycles. The van der Waals surface area contributed by atoms with Crippen LogP contribution in [0.4, 0.5) is 0 Å². The summed E-state index contributed by atoms with van der Waals surface area (Å²) >= 11 is 0. The third kappa shape index (κ3) is 2.35. The number of ketones is 2. The van der Waals surface area contributed by atoms with Gasteiger partial charge in [-0.3, -0.25) is 9.59 Å². The molecule has 0 unspecified atom stereocenters. The third-order valence-electron chi connectivity index (χ3n) is 4.73. The highest BCUT2D eigenvalue weighted by Gasteiger charge is 2.44. The number of allylic oxidation sites excluding steroid dienone is 2. The fourth-order valence-electron chi connectivity index (χ4n) is 3.62. The van der Waals surface area contributed by atoms with Crippen molar-refractivity contribution in [3.8, 4) is 0 Å². The maximum Gasteiger partial charge on any atom is 0.155 e. The second kappa shape index (κ2) is 5.35. The van der Waals surface area contributed by atoms with Gasteiger partial charge in [-0.1, -0.05) is 35.9 Å². The van der Waals surface area contributed by atoms with Crippen LogP contribution in [0.2, 0.25) is 0 Å². The van der Waals surface area contributed by atoms with Crippen molar-refractivity contribution < 1.29 is 9.59 Å². The zero-order chi connectivity index (χ0) is 14.0. The minimum absolute atomic E-state index is 0.193. The minimum Gasteiger partial charge on any atom is -0.299 e. The van der Waals surface area contributed by atoms with Crippen LogP contribution in [0.5, 0.6) is 0 Å². The Bertz CT molecular complexity index is 556. The molecule has 1 atom stereocenters. The lowest BCUT2D eigenvalue weighted by molar-refractivity contribution is -0.128. The van der Waals surface area contributed by atoms with E-state index >= 15 is 0 Å². The van der Waals surface area contributed by atoms with Gasteiger partial charge in [0.1, 0.15) is 5.78 Å². The van der Waals surface area contributed by atoms with E-state index in [2.05, 4.69) is 12.1 Å². The molecule has 104 valence electrons. The standard InChI is InChI=1S/C18H20O2/c19-16-10-11-18(13-14-6-2-1-3-7-14)15(12-16)8-4-5-9-17(18)20/h1-3,6-7,12H,4-5,8-11,13H2/t18-/m0/s1. The van der Waals surface area contributed by atoms with Crippen LogP contribution in [0.3, 0.4) is 0 Å². The molecule has 1 aromatic rings. The molecular formula is C18H20O2. The summed E-state index contributed by atoms with van der Waals surface area (Å²) in [6.45, 7) is 0. The van der Waals surface area contributed by atoms with Gasteiger partial charge in [-0.2, -0.15) is 0 Å². The summed E-state index contributed by atoms with van der Waals surface area (Å²) in [5.41, 5.74) is 1.90. The van der Waals surface area contributed by atoms with Crippen molar-refractivity contribution in [2.75, 3.05) is 0 Å². The van der Waals surface area contributed by atoms with Crippen LogP contribution in [0, 0.1) is 5.41 Å². The summed E-state index contributed by atoms with van der Waals surface area (Å²) in [5.74, 6) is 0.538. The molecule has 3 rings (SSSR count).